The molecule has 1 amide bonds. The number of carbonyl (C=O) groups is 1. The number of amides is 1. The van der Waals surface area contributed by atoms with Crippen molar-refractivity contribution in [1.29, 1.82) is 0 Å². The highest BCUT2D eigenvalue weighted by molar-refractivity contribution is 5.94. The highest BCUT2D eigenvalue weighted by Gasteiger charge is 2.35. The molecule has 2 aromatic rings. The predicted octanol–water partition coefficient (Wildman–Crippen LogP) is 1.75. The molecule has 1 saturated heterocycles. The van der Waals surface area contributed by atoms with E-state index in [-0.39, 0.29) is 24.7 Å². The van der Waals surface area contributed by atoms with Gasteiger partial charge < -0.3 is 14.7 Å². The number of carbonyl (C=O) groups excluding carboxylic acids is 1. The van der Waals surface area contributed by atoms with Gasteiger partial charge in [-0.3, -0.25) is 4.79 Å². The summed E-state index contributed by atoms with van der Waals surface area (Å²) in [5, 5.41) is 10.0. The lowest BCUT2D eigenvalue weighted by atomic mass is 10.2. The Kier molecular flexibility index (Phi) is 4.87. The predicted molar refractivity (Wildman–Crippen MR) is 89.4 cm³/mol. The number of hydrogen-bond donors (Lipinski definition) is 1. The van der Waals surface area contributed by atoms with E-state index < -0.39 is 6.10 Å². The smallest absolute Gasteiger partial charge is 0.257 e. The number of nitrogens with zero attached hydrogens (tertiary/aromatic N) is 3. The van der Waals surface area contributed by atoms with Crippen LogP contribution in [0.2, 0.25) is 0 Å². The Morgan fingerprint density at radius 3 is 2.50 bits per heavy atom. The van der Waals surface area contributed by atoms with Gasteiger partial charge in [-0.25, -0.2) is 9.97 Å². The molecular formula is C18H21N3O3. The van der Waals surface area contributed by atoms with Gasteiger partial charge in [0.15, 0.2) is 5.82 Å². The summed E-state index contributed by atoms with van der Waals surface area (Å²) in [5.41, 5.74) is 1.31. The second-order valence-corrected chi connectivity index (χ2v) is 6.16. The maximum Gasteiger partial charge on any atom is 0.257 e. The van der Waals surface area contributed by atoms with Gasteiger partial charge in [-0.15, -0.1) is 0 Å². The van der Waals surface area contributed by atoms with Crippen molar-refractivity contribution in [2.45, 2.75) is 32.2 Å². The third-order valence-corrected chi connectivity index (χ3v) is 3.90. The minimum atomic E-state index is -0.666. The number of ether oxygens (including phenoxy) is 1. The molecule has 2 heterocycles. The summed E-state index contributed by atoms with van der Waals surface area (Å²) in [4.78, 5) is 22.7. The summed E-state index contributed by atoms with van der Waals surface area (Å²) in [6.07, 6.45) is 2.05. The van der Waals surface area contributed by atoms with Gasteiger partial charge in [0.05, 0.1) is 17.8 Å². The van der Waals surface area contributed by atoms with Crippen LogP contribution in [0.25, 0.3) is 11.4 Å². The fourth-order valence-corrected chi connectivity index (χ4v) is 2.76. The number of rotatable bonds is 4. The minimum absolute atomic E-state index is 0.00758. The van der Waals surface area contributed by atoms with E-state index in [4.69, 9.17) is 4.74 Å². The number of aliphatic hydroxyl groups is 1. The zero-order valence-electron chi connectivity index (χ0n) is 13.8. The number of likely N-dealkylation sites (tertiary alicyclic amines) is 1. The fraction of sp³-hybridized carbons (Fsp3) is 0.389. The molecule has 0 spiro atoms. The van der Waals surface area contributed by atoms with Crippen LogP contribution in [0, 0.1) is 0 Å². The zero-order valence-corrected chi connectivity index (χ0v) is 13.8. The minimum Gasteiger partial charge on any atom is -0.388 e. The summed E-state index contributed by atoms with van der Waals surface area (Å²) >= 11 is 0. The molecule has 1 aliphatic rings. The summed E-state index contributed by atoms with van der Waals surface area (Å²) < 4.78 is 5.64. The van der Waals surface area contributed by atoms with Crippen molar-refractivity contribution in [2.24, 2.45) is 0 Å². The molecule has 0 bridgehead atoms. The molecule has 0 unspecified atom stereocenters. The van der Waals surface area contributed by atoms with Gasteiger partial charge in [0.2, 0.25) is 0 Å². The molecule has 1 aromatic heterocycles. The molecule has 3 rings (SSSR count). The van der Waals surface area contributed by atoms with E-state index in [2.05, 4.69) is 9.97 Å². The average molecular weight is 327 g/mol. The van der Waals surface area contributed by atoms with E-state index >= 15 is 0 Å². The van der Waals surface area contributed by atoms with E-state index in [1.807, 2.05) is 44.2 Å². The lowest BCUT2D eigenvalue weighted by Gasteiger charge is -2.18. The van der Waals surface area contributed by atoms with E-state index in [1.54, 1.807) is 4.90 Å². The van der Waals surface area contributed by atoms with Crippen molar-refractivity contribution < 1.29 is 14.6 Å². The first-order chi connectivity index (χ1) is 11.5. The van der Waals surface area contributed by atoms with Crippen LogP contribution in [-0.2, 0) is 4.74 Å². The fourth-order valence-electron chi connectivity index (χ4n) is 2.76. The van der Waals surface area contributed by atoms with Crippen LogP contribution < -0.4 is 0 Å². The van der Waals surface area contributed by atoms with Crippen molar-refractivity contribution in [2.75, 3.05) is 13.1 Å². The Labute approximate surface area is 141 Å². The topological polar surface area (TPSA) is 75.5 Å². The molecule has 1 aromatic carbocycles. The Balaban J connectivity index is 1.70. The normalized spacial score (nSPS) is 20.6. The Hall–Kier alpha value is -2.31. The molecule has 0 saturated carbocycles. The standard InChI is InChI=1S/C18H21N3O3/c1-12(2)24-16-11-21(10-15(16)22)18(23)14-8-19-17(20-9-14)13-6-4-3-5-7-13/h3-9,12,15-16,22H,10-11H2,1-2H3/t15-,16-/m0/s1. The largest absolute Gasteiger partial charge is 0.388 e. The van der Waals surface area contributed by atoms with Crippen molar-refractivity contribution in [3.8, 4) is 11.4 Å². The third kappa shape index (κ3) is 3.60. The van der Waals surface area contributed by atoms with Crippen LogP contribution in [0.4, 0.5) is 0 Å². The van der Waals surface area contributed by atoms with Gasteiger partial charge in [-0.1, -0.05) is 30.3 Å². The molecule has 126 valence electrons. The highest BCUT2D eigenvalue weighted by atomic mass is 16.5. The van der Waals surface area contributed by atoms with Crippen molar-refractivity contribution in [3.05, 3.63) is 48.3 Å². The molecule has 6 nitrogen and oxygen atoms in total. The zero-order chi connectivity index (χ0) is 17.1. The Morgan fingerprint density at radius 2 is 1.88 bits per heavy atom. The first-order valence-electron chi connectivity index (χ1n) is 8.05. The van der Waals surface area contributed by atoms with Crippen LogP contribution in [0.15, 0.2) is 42.7 Å². The van der Waals surface area contributed by atoms with Gasteiger partial charge in [-0.2, -0.15) is 0 Å². The molecule has 2 atom stereocenters. The summed E-state index contributed by atoms with van der Waals surface area (Å²) in [6.45, 7) is 4.45. The summed E-state index contributed by atoms with van der Waals surface area (Å²) in [5.74, 6) is 0.387. The maximum atomic E-state index is 12.6. The summed E-state index contributed by atoms with van der Waals surface area (Å²) in [6, 6.07) is 9.59. The second-order valence-electron chi connectivity index (χ2n) is 6.16. The molecule has 6 heteroatoms. The van der Waals surface area contributed by atoms with Gasteiger partial charge >= 0.3 is 0 Å². The van der Waals surface area contributed by atoms with E-state index in [9.17, 15) is 9.90 Å². The third-order valence-electron chi connectivity index (χ3n) is 3.90. The van der Waals surface area contributed by atoms with Crippen LogP contribution in [0.1, 0.15) is 24.2 Å². The van der Waals surface area contributed by atoms with Gasteiger partial charge in [0.25, 0.3) is 5.91 Å². The molecular weight excluding hydrogens is 306 g/mol. The van der Waals surface area contributed by atoms with Crippen LogP contribution in [-0.4, -0.2) is 57.3 Å². The Bertz CT molecular complexity index is 688. The first-order valence-corrected chi connectivity index (χ1v) is 8.05. The molecule has 0 radical (unpaired) electrons. The first kappa shape index (κ1) is 16.5. The number of benzene rings is 1. The molecule has 1 N–H and O–H groups in total. The number of aromatic nitrogens is 2. The van der Waals surface area contributed by atoms with Crippen molar-refractivity contribution in [1.82, 2.24) is 14.9 Å². The Morgan fingerprint density at radius 1 is 1.21 bits per heavy atom. The van der Waals surface area contributed by atoms with Gasteiger partial charge in [0.1, 0.15) is 6.10 Å². The molecule has 0 aliphatic carbocycles. The average Bonchev–Trinajstić information content (AvgIpc) is 2.95. The quantitative estimate of drug-likeness (QED) is 0.926. The molecule has 1 fully saturated rings. The van der Waals surface area contributed by atoms with Crippen LogP contribution >= 0.6 is 0 Å². The van der Waals surface area contributed by atoms with E-state index in [0.717, 1.165) is 5.56 Å². The van der Waals surface area contributed by atoms with Crippen LogP contribution in [0.3, 0.4) is 0 Å². The highest BCUT2D eigenvalue weighted by Crippen LogP contribution is 2.19. The SMILES string of the molecule is CC(C)O[C@H]1CN(C(=O)c2cnc(-c3ccccc3)nc2)C[C@@H]1O. The maximum absolute atomic E-state index is 12.6. The lowest BCUT2D eigenvalue weighted by molar-refractivity contribution is -0.0394. The molecule has 1 aliphatic heterocycles. The number of hydrogen-bond acceptors (Lipinski definition) is 5. The van der Waals surface area contributed by atoms with E-state index in [1.165, 1.54) is 12.4 Å². The molecule has 24 heavy (non-hydrogen) atoms. The summed E-state index contributed by atoms with van der Waals surface area (Å²) in [7, 11) is 0. The van der Waals surface area contributed by atoms with E-state index in [0.29, 0.717) is 17.9 Å². The van der Waals surface area contributed by atoms with Crippen molar-refractivity contribution in [3.63, 3.8) is 0 Å². The van der Waals surface area contributed by atoms with Crippen molar-refractivity contribution >= 4 is 5.91 Å². The lowest BCUT2D eigenvalue weighted by Crippen LogP contribution is -2.31. The van der Waals surface area contributed by atoms with Gasteiger partial charge in [-0.05, 0) is 13.8 Å². The number of β-amino-alcohol motifs (C(OH)–C–C–N with tert-alkyl or cyclic N) is 1. The van der Waals surface area contributed by atoms with Gasteiger partial charge in [0, 0.05) is 31.0 Å². The van der Waals surface area contributed by atoms with Crippen LogP contribution in [0.5, 0.6) is 0 Å². The monoisotopic (exact) mass is 327 g/mol. The second kappa shape index (κ2) is 7.07. The number of aliphatic hydroxyl groups excluding tert-OH is 1.